The number of anilines is 1. The number of piperidine rings is 1. The number of aromatic nitrogens is 2. The molecule has 0 atom stereocenters. The lowest BCUT2D eigenvalue weighted by Gasteiger charge is -2.30. The quantitative estimate of drug-likeness (QED) is 0.797. The SMILES string of the molecule is CC.CC1CCN(c2nccc(C(C)C)n2)CC1. The minimum Gasteiger partial charge on any atom is -0.341 e. The molecule has 18 heavy (non-hydrogen) atoms. The first-order valence-corrected chi connectivity index (χ1v) is 7.24. The number of nitrogens with zero attached hydrogens (tertiary/aromatic N) is 3. The molecule has 3 nitrogen and oxygen atoms in total. The molecular weight excluding hydrogens is 222 g/mol. The van der Waals surface area contributed by atoms with Gasteiger partial charge in [-0.15, -0.1) is 0 Å². The topological polar surface area (TPSA) is 29.0 Å². The first kappa shape index (κ1) is 14.9. The van der Waals surface area contributed by atoms with Gasteiger partial charge in [-0.1, -0.05) is 34.6 Å². The highest BCUT2D eigenvalue weighted by molar-refractivity contribution is 5.31. The van der Waals surface area contributed by atoms with Gasteiger partial charge in [-0.3, -0.25) is 0 Å². The van der Waals surface area contributed by atoms with Gasteiger partial charge in [0.25, 0.3) is 0 Å². The Morgan fingerprint density at radius 1 is 1.22 bits per heavy atom. The van der Waals surface area contributed by atoms with Crippen LogP contribution in [0.1, 0.15) is 59.1 Å². The van der Waals surface area contributed by atoms with Crippen molar-refractivity contribution >= 4 is 5.95 Å². The lowest BCUT2D eigenvalue weighted by molar-refractivity contribution is 0.434. The summed E-state index contributed by atoms with van der Waals surface area (Å²) in [6, 6.07) is 2.01. The van der Waals surface area contributed by atoms with Crippen LogP contribution in [0.15, 0.2) is 12.3 Å². The molecule has 0 unspecified atom stereocenters. The molecule has 1 aromatic rings. The fraction of sp³-hybridized carbons (Fsp3) is 0.733. The van der Waals surface area contributed by atoms with Gasteiger partial charge < -0.3 is 4.90 Å². The summed E-state index contributed by atoms with van der Waals surface area (Å²) in [7, 11) is 0. The van der Waals surface area contributed by atoms with Crippen LogP contribution in [0.25, 0.3) is 0 Å². The van der Waals surface area contributed by atoms with Crippen LogP contribution in [0.4, 0.5) is 5.95 Å². The average molecular weight is 249 g/mol. The molecule has 1 saturated heterocycles. The van der Waals surface area contributed by atoms with Crippen molar-refractivity contribution in [2.24, 2.45) is 5.92 Å². The lowest BCUT2D eigenvalue weighted by Crippen LogP contribution is -2.34. The van der Waals surface area contributed by atoms with E-state index in [4.69, 9.17) is 0 Å². The summed E-state index contributed by atoms with van der Waals surface area (Å²) >= 11 is 0. The molecule has 0 amide bonds. The van der Waals surface area contributed by atoms with Gasteiger partial charge in [0.2, 0.25) is 5.95 Å². The maximum Gasteiger partial charge on any atom is 0.225 e. The molecule has 0 spiro atoms. The van der Waals surface area contributed by atoms with Crippen molar-refractivity contribution in [1.82, 2.24) is 9.97 Å². The fourth-order valence-electron chi connectivity index (χ4n) is 2.04. The van der Waals surface area contributed by atoms with E-state index in [-0.39, 0.29) is 0 Å². The van der Waals surface area contributed by atoms with E-state index < -0.39 is 0 Å². The summed E-state index contributed by atoms with van der Waals surface area (Å²) in [5, 5.41) is 0. The molecule has 2 rings (SSSR count). The van der Waals surface area contributed by atoms with Crippen LogP contribution >= 0.6 is 0 Å². The predicted molar refractivity (Wildman–Crippen MR) is 78.1 cm³/mol. The summed E-state index contributed by atoms with van der Waals surface area (Å²) < 4.78 is 0. The summed E-state index contributed by atoms with van der Waals surface area (Å²) in [6.45, 7) is 12.9. The maximum atomic E-state index is 4.64. The van der Waals surface area contributed by atoms with Crippen LogP contribution in [0.2, 0.25) is 0 Å². The second-order valence-corrected chi connectivity index (χ2v) is 5.11. The Morgan fingerprint density at radius 3 is 2.39 bits per heavy atom. The molecule has 1 aromatic heterocycles. The molecule has 3 heteroatoms. The Hall–Kier alpha value is -1.12. The van der Waals surface area contributed by atoms with Crippen molar-refractivity contribution in [1.29, 1.82) is 0 Å². The minimum absolute atomic E-state index is 0.477. The third kappa shape index (κ3) is 3.97. The summed E-state index contributed by atoms with van der Waals surface area (Å²) in [5.74, 6) is 2.24. The van der Waals surface area contributed by atoms with Gasteiger partial charge in [0.05, 0.1) is 0 Å². The fourth-order valence-corrected chi connectivity index (χ4v) is 2.04. The van der Waals surface area contributed by atoms with E-state index in [0.717, 1.165) is 30.6 Å². The number of rotatable bonds is 2. The van der Waals surface area contributed by atoms with Crippen LogP contribution in [0.5, 0.6) is 0 Å². The first-order valence-electron chi connectivity index (χ1n) is 7.24. The third-order valence-electron chi connectivity index (χ3n) is 3.32. The zero-order valence-corrected chi connectivity index (χ0v) is 12.5. The highest BCUT2D eigenvalue weighted by Crippen LogP contribution is 2.21. The van der Waals surface area contributed by atoms with E-state index in [2.05, 4.69) is 35.6 Å². The Morgan fingerprint density at radius 2 is 1.83 bits per heavy atom. The second kappa shape index (κ2) is 7.34. The van der Waals surface area contributed by atoms with E-state index in [9.17, 15) is 0 Å². The summed E-state index contributed by atoms with van der Waals surface area (Å²) in [6.07, 6.45) is 4.40. The molecule has 0 aliphatic carbocycles. The molecule has 0 bridgehead atoms. The van der Waals surface area contributed by atoms with Gasteiger partial charge in [0.15, 0.2) is 0 Å². The molecule has 1 fully saturated rings. The van der Waals surface area contributed by atoms with E-state index in [0.29, 0.717) is 5.92 Å². The van der Waals surface area contributed by atoms with Crippen molar-refractivity contribution in [2.75, 3.05) is 18.0 Å². The van der Waals surface area contributed by atoms with Crippen molar-refractivity contribution in [2.45, 2.75) is 53.4 Å². The zero-order valence-electron chi connectivity index (χ0n) is 12.5. The van der Waals surface area contributed by atoms with Gasteiger partial charge in [0, 0.05) is 25.0 Å². The van der Waals surface area contributed by atoms with Gasteiger partial charge >= 0.3 is 0 Å². The predicted octanol–water partition coefficient (Wildman–Crippen LogP) is 3.86. The Kier molecular flexibility index (Phi) is 6.10. The van der Waals surface area contributed by atoms with Gasteiger partial charge in [-0.2, -0.15) is 0 Å². The van der Waals surface area contributed by atoms with E-state index >= 15 is 0 Å². The minimum atomic E-state index is 0.477. The number of hydrogen-bond acceptors (Lipinski definition) is 3. The molecule has 0 aromatic carbocycles. The summed E-state index contributed by atoms with van der Waals surface area (Å²) in [4.78, 5) is 11.3. The lowest BCUT2D eigenvalue weighted by atomic mass is 10.00. The Balaban J connectivity index is 0.000000771. The molecular formula is C15H27N3. The van der Waals surface area contributed by atoms with Crippen molar-refractivity contribution in [3.05, 3.63) is 18.0 Å². The van der Waals surface area contributed by atoms with Crippen molar-refractivity contribution < 1.29 is 0 Å². The molecule has 0 saturated carbocycles. The zero-order chi connectivity index (χ0) is 13.5. The highest BCUT2D eigenvalue weighted by Gasteiger charge is 2.18. The van der Waals surface area contributed by atoms with Crippen LogP contribution in [0, 0.1) is 5.92 Å². The third-order valence-corrected chi connectivity index (χ3v) is 3.32. The molecule has 0 N–H and O–H groups in total. The molecule has 102 valence electrons. The number of hydrogen-bond donors (Lipinski definition) is 0. The normalized spacial score (nSPS) is 16.4. The van der Waals surface area contributed by atoms with E-state index in [1.165, 1.54) is 12.8 Å². The average Bonchev–Trinajstić information content (AvgIpc) is 2.42. The Bertz CT molecular complexity index is 341. The standard InChI is InChI=1S/C13H21N3.C2H6/c1-10(2)12-4-7-14-13(15-12)16-8-5-11(3)6-9-16;1-2/h4,7,10-11H,5-6,8-9H2,1-3H3;1-2H3. The van der Waals surface area contributed by atoms with Crippen LogP contribution in [0.3, 0.4) is 0 Å². The maximum absolute atomic E-state index is 4.64. The first-order chi connectivity index (χ1) is 8.66. The smallest absolute Gasteiger partial charge is 0.225 e. The van der Waals surface area contributed by atoms with E-state index in [1.54, 1.807) is 0 Å². The largest absolute Gasteiger partial charge is 0.341 e. The van der Waals surface area contributed by atoms with Crippen LogP contribution in [-0.2, 0) is 0 Å². The van der Waals surface area contributed by atoms with Gasteiger partial charge in [-0.05, 0) is 30.7 Å². The Labute approximate surface area is 112 Å². The van der Waals surface area contributed by atoms with Crippen molar-refractivity contribution in [3.8, 4) is 0 Å². The second-order valence-electron chi connectivity index (χ2n) is 5.11. The molecule has 1 aliphatic heterocycles. The molecule has 2 heterocycles. The highest BCUT2D eigenvalue weighted by atomic mass is 15.2. The van der Waals surface area contributed by atoms with Crippen LogP contribution in [-0.4, -0.2) is 23.1 Å². The van der Waals surface area contributed by atoms with Crippen LogP contribution < -0.4 is 4.90 Å². The molecule has 1 aliphatic rings. The van der Waals surface area contributed by atoms with Gasteiger partial charge in [0.1, 0.15) is 0 Å². The summed E-state index contributed by atoms with van der Waals surface area (Å²) in [5.41, 5.74) is 1.14. The van der Waals surface area contributed by atoms with Crippen molar-refractivity contribution in [3.63, 3.8) is 0 Å². The van der Waals surface area contributed by atoms with Gasteiger partial charge in [-0.25, -0.2) is 9.97 Å². The molecule has 0 radical (unpaired) electrons. The van der Waals surface area contributed by atoms with E-state index in [1.807, 2.05) is 26.1 Å². The monoisotopic (exact) mass is 249 g/mol.